The molecule has 0 saturated carbocycles. The van der Waals surface area contributed by atoms with Crippen molar-refractivity contribution in [1.29, 1.82) is 0 Å². The van der Waals surface area contributed by atoms with Crippen LogP contribution in [-0.4, -0.2) is 21.8 Å². The molecule has 0 aliphatic carbocycles. The summed E-state index contributed by atoms with van der Waals surface area (Å²) in [5, 5.41) is 4.94. The van der Waals surface area contributed by atoms with E-state index in [1.165, 1.54) is 12.1 Å². The van der Waals surface area contributed by atoms with Crippen LogP contribution in [0.5, 0.6) is 0 Å². The molecule has 0 fully saturated rings. The first kappa shape index (κ1) is 20.9. The zero-order chi connectivity index (χ0) is 21.7. The van der Waals surface area contributed by atoms with Crippen molar-refractivity contribution >= 4 is 11.8 Å². The molecule has 2 amide bonds. The summed E-state index contributed by atoms with van der Waals surface area (Å²) in [5.74, 6) is -5.39. The van der Waals surface area contributed by atoms with E-state index in [1.54, 1.807) is 0 Å². The molecule has 0 radical (unpaired) electrons. The number of carbonyl (C=O) groups is 2. The van der Waals surface area contributed by atoms with Gasteiger partial charge in [-0.3, -0.25) is 9.59 Å². The lowest BCUT2D eigenvalue weighted by Crippen LogP contribution is -2.27. The summed E-state index contributed by atoms with van der Waals surface area (Å²) in [7, 11) is 0. The standard InChI is InChI=1S/C20H14F4N4O2/c21-13-3-1-11(5-15(13)23)8-25-19(29)17-7-18(28-10-27-17)20(30)26-9-12-2-4-14(22)16(24)6-12/h1-7,10H,8-9H2,(H,25,29)(H,26,30). The fourth-order valence-electron chi connectivity index (χ4n) is 2.45. The smallest absolute Gasteiger partial charge is 0.270 e. The van der Waals surface area contributed by atoms with Crippen molar-refractivity contribution in [3.05, 3.63) is 94.6 Å². The minimum Gasteiger partial charge on any atom is -0.347 e. The molecule has 1 aromatic heterocycles. The van der Waals surface area contributed by atoms with Gasteiger partial charge in [0, 0.05) is 19.2 Å². The van der Waals surface area contributed by atoms with Crippen molar-refractivity contribution in [2.75, 3.05) is 0 Å². The van der Waals surface area contributed by atoms with Crippen LogP contribution in [0.15, 0.2) is 48.8 Å². The van der Waals surface area contributed by atoms with Crippen LogP contribution in [0.4, 0.5) is 17.6 Å². The molecular formula is C20H14F4N4O2. The van der Waals surface area contributed by atoms with Crippen molar-refractivity contribution in [3.8, 4) is 0 Å². The molecule has 1 heterocycles. The van der Waals surface area contributed by atoms with E-state index in [-0.39, 0.29) is 24.5 Å². The molecule has 3 aromatic rings. The summed E-state index contributed by atoms with van der Waals surface area (Å²) in [6.07, 6.45) is 1.01. The lowest BCUT2D eigenvalue weighted by Gasteiger charge is -2.08. The molecule has 0 unspecified atom stereocenters. The summed E-state index contributed by atoms with van der Waals surface area (Å²) < 4.78 is 52.3. The predicted octanol–water partition coefficient (Wildman–Crippen LogP) is 2.89. The van der Waals surface area contributed by atoms with Crippen LogP contribution in [-0.2, 0) is 13.1 Å². The second-order valence-corrected chi connectivity index (χ2v) is 6.15. The molecule has 0 atom stereocenters. The molecule has 0 saturated heterocycles. The Labute approximate surface area is 168 Å². The molecule has 3 rings (SSSR count). The first-order chi connectivity index (χ1) is 14.3. The van der Waals surface area contributed by atoms with Gasteiger partial charge in [-0.15, -0.1) is 0 Å². The topological polar surface area (TPSA) is 84.0 Å². The maximum atomic E-state index is 13.2. The van der Waals surface area contributed by atoms with E-state index >= 15 is 0 Å². The summed E-state index contributed by atoms with van der Waals surface area (Å²) in [6.45, 7) is -0.171. The molecule has 10 heteroatoms. The SMILES string of the molecule is O=C(NCc1ccc(F)c(F)c1)c1cc(C(=O)NCc2ccc(F)c(F)c2)ncn1. The van der Waals surface area contributed by atoms with Crippen molar-refractivity contribution in [2.45, 2.75) is 13.1 Å². The van der Waals surface area contributed by atoms with Crippen molar-refractivity contribution < 1.29 is 27.2 Å². The fourth-order valence-corrected chi connectivity index (χ4v) is 2.45. The number of rotatable bonds is 6. The summed E-state index contributed by atoms with van der Waals surface area (Å²) in [6, 6.07) is 7.56. The highest BCUT2D eigenvalue weighted by molar-refractivity contribution is 5.97. The number of hydrogen-bond donors (Lipinski definition) is 2. The third kappa shape index (κ3) is 5.16. The number of aromatic nitrogens is 2. The van der Waals surface area contributed by atoms with E-state index in [0.717, 1.165) is 36.7 Å². The number of amides is 2. The molecule has 2 N–H and O–H groups in total. The lowest BCUT2D eigenvalue weighted by molar-refractivity contribution is 0.0944. The van der Waals surface area contributed by atoms with Gasteiger partial charge in [0.2, 0.25) is 0 Å². The number of benzene rings is 2. The number of nitrogens with zero attached hydrogens (tertiary/aromatic N) is 2. The summed E-state index contributed by atoms with van der Waals surface area (Å²) >= 11 is 0. The van der Waals surface area contributed by atoms with E-state index < -0.39 is 35.1 Å². The van der Waals surface area contributed by atoms with Gasteiger partial charge in [0.1, 0.15) is 17.7 Å². The van der Waals surface area contributed by atoms with Gasteiger partial charge in [0.25, 0.3) is 11.8 Å². The second kappa shape index (κ2) is 9.12. The minimum atomic E-state index is -1.04. The normalized spacial score (nSPS) is 10.5. The van der Waals surface area contributed by atoms with Gasteiger partial charge < -0.3 is 10.6 Å². The van der Waals surface area contributed by atoms with Gasteiger partial charge in [-0.2, -0.15) is 0 Å². The lowest BCUT2D eigenvalue weighted by atomic mass is 10.2. The van der Waals surface area contributed by atoms with Crippen molar-refractivity contribution in [2.24, 2.45) is 0 Å². The van der Waals surface area contributed by atoms with Crippen molar-refractivity contribution in [1.82, 2.24) is 20.6 Å². The average molecular weight is 418 g/mol. The maximum absolute atomic E-state index is 13.2. The Balaban J connectivity index is 1.61. The third-order valence-electron chi connectivity index (χ3n) is 4.01. The monoisotopic (exact) mass is 418 g/mol. The van der Waals surface area contributed by atoms with E-state index in [4.69, 9.17) is 0 Å². The van der Waals surface area contributed by atoms with E-state index in [9.17, 15) is 27.2 Å². The number of hydrogen-bond acceptors (Lipinski definition) is 4. The predicted molar refractivity (Wildman–Crippen MR) is 97.1 cm³/mol. The van der Waals surface area contributed by atoms with Crippen LogP contribution in [0.25, 0.3) is 0 Å². The van der Waals surface area contributed by atoms with Gasteiger partial charge in [0.05, 0.1) is 0 Å². The highest BCUT2D eigenvalue weighted by Gasteiger charge is 2.14. The van der Waals surface area contributed by atoms with Crippen LogP contribution >= 0.6 is 0 Å². The Morgan fingerprint density at radius 2 is 1.10 bits per heavy atom. The maximum Gasteiger partial charge on any atom is 0.270 e. The average Bonchev–Trinajstić information content (AvgIpc) is 2.75. The highest BCUT2D eigenvalue weighted by Crippen LogP contribution is 2.10. The van der Waals surface area contributed by atoms with Crippen molar-refractivity contribution in [3.63, 3.8) is 0 Å². The molecule has 0 spiro atoms. The zero-order valence-corrected chi connectivity index (χ0v) is 15.3. The third-order valence-corrected chi connectivity index (χ3v) is 4.01. The molecular weight excluding hydrogens is 404 g/mol. The quantitative estimate of drug-likeness (QED) is 0.603. The number of nitrogens with one attached hydrogen (secondary N) is 2. The zero-order valence-electron chi connectivity index (χ0n) is 15.3. The number of halogens is 4. The second-order valence-electron chi connectivity index (χ2n) is 6.15. The number of carbonyl (C=O) groups excluding carboxylic acids is 2. The van der Waals surface area contributed by atoms with Crippen LogP contribution in [0.3, 0.4) is 0 Å². The van der Waals surface area contributed by atoms with Crippen LogP contribution in [0.1, 0.15) is 32.1 Å². The Kier molecular flexibility index (Phi) is 6.35. The molecule has 154 valence electrons. The summed E-state index contributed by atoms with van der Waals surface area (Å²) in [4.78, 5) is 32.0. The molecule has 0 aliphatic rings. The van der Waals surface area contributed by atoms with Crippen LogP contribution in [0.2, 0.25) is 0 Å². The van der Waals surface area contributed by atoms with E-state index in [1.807, 2.05) is 0 Å². The first-order valence-corrected chi connectivity index (χ1v) is 8.60. The molecule has 6 nitrogen and oxygen atoms in total. The Bertz CT molecular complexity index is 1030. The molecule has 0 aliphatic heterocycles. The Morgan fingerprint density at radius 1 is 0.667 bits per heavy atom. The van der Waals surface area contributed by atoms with Crippen LogP contribution in [0, 0.1) is 23.3 Å². The summed E-state index contributed by atoms with van der Waals surface area (Å²) in [5.41, 5.74) is 0.428. The fraction of sp³-hybridized carbons (Fsp3) is 0.100. The minimum absolute atomic E-state index is 0.0856. The first-order valence-electron chi connectivity index (χ1n) is 8.60. The Hall–Kier alpha value is -3.82. The molecule has 0 bridgehead atoms. The largest absolute Gasteiger partial charge is 0.347 e. The van der Waals surface area contributed by atoms with Crippen LogP contribution < -0.4 is 10.6 Å². The molecule has 30 heavy (non-hydrogen) atoms. The van der Waals surface area contributed by atoms with Gasteiger partial charge in [0.15, 0.2) is 23.3 Å². The van der Waals surface area contributed by atoms with E-state index in [0.29, 0.717) is 11.1 Å². The van der Waals surface area contributed by atoms with Gasteiger partial charge in [-0.05, 0) is 35.4 Å². The van der Waals surface area contributed by atoms with Gasteiger partial charge in [-0.25, -0.2) is 27.5 Å². The Morgan fingerprint density at radius 3 is 1.50 bits per heavy atom. The highest BCUT2D eigenvalue weighted by atomic mass is 19.2. The molecule has 2 aromatic carbocycles. The van der Waals surface area contributed by atoms with Gasteiger partial charge in [-0.1, -0.05) is 12.1 Å². The van der Waals surface area contributed by atoms with Gasteiger partial charge >= 0.3 is 0 Å². The van der Waals surface area contributed by atoms with E-state index in [2.05, 4.69) is 20.6 Å².